The van der Waals surface area contributed by atoms with E-state index in [2.05, 4.69) is 33.1 Å². The molecule has 0 aliphatic carbocycles. The number of carbonyl (C=O) groups is 1. The molecular weight excluding hydrogens is 282 g/mol. The Morgan fingerprint density at radius 2 is 2.18 bits per heavy atom. The summed E-state index contributed by atoms with van der Waals surface area (Å²) in [5.74, 6) is -0.194. The van der Waals surface area contributed by atoms with Crippen molar-refractivity contribution in [2.24, 2.45) is 0 Å². The summed E-state index contributed by atoms with van der Waals surface area (Å²) in [5.41, 5.74) is 1.75. The summed E-state index contributed by atoms with van der Waals surface area (Å²) >= 11 is 0. The van der Waals surface area contributed by atoms with E-state index in [1.165, 1.54) is 0 Å². The molecule has 1 atom stereocenters. The maximum Gasteiger partial charge on any atom is 0.341 e. The molecule has 0 saturated heterocycles. The van der Waals surface area contributed by atoms with Crippen LogP contribution >= 0.6 is 0 Å². The van der Waals surface area contributed by atoms with E-state index in [4.69, 9.17) is 0 Å². The van der Waals surface area contributed by atoms with Crippen LogP contribution in [0.1, 0.15) is 29.5 Å². The molecule has 0 saturated carbocycles. The van der Waals surface area contributed by atoms with Gasteiger partial charge in [0.2, 0.25) is 5.82 Å². The second-order valence-electron chi connectivity index (χ2n) is 5.53. The Balaban J connectivity index is 1.98. The summed E-state index contributed by atoms with van der Waals surface area (Å²) in [6.07, 6.45) is 0.832. The van der Waals surface area contributed by atoms with Gasteiger partial charge in [-0.15, -0.1) is 5.10 Å². The van der Waals surface area contributed by atoms with Gasteiger partial charge in [0.1, 0.15) is 0 Å². The lowest BCUT2D eigenvalue weighted by Gasteiger charge is -2.29. The summed E-state index contributed by atoms with van der Waals surface area (Å²) in [5, 5.41) is 6.01. The molecule has 1 aliphatic rings. The molecule has 1 aliphatic heterocycles. The lowest BCUT2D eigenvalue weighted by Crippen LogP contribution is -2.43. The molecule has 1 amide bonds. The van der Waals surface area contributed by atoms with Gasteiger partial charge in [-0.1, -0.05) is 25.1 Å². The largest absolute Gasteiger partial charge is 0.372 e. The maximum absolute atomic E-state index is 12.7. The van der Waals surface area contributed by atoms with Crippen LogP contribution in [0.2, 0.25) is 0 Å². The van der Waals surface area contributed by atoms with Gasteiger partial charge in [0.15, 0.2) is 0 Å². The van der Waals surface area contributed by atoms with Crippen molar-refractivity contribution in [3.05, 3.63) is 46.1 Å². The molecule has 0 fully saturated rings. The fourth-order valence-corrected chi connectivity index (χ4v) is 2.94. The Hall–Kier alpha value is -2.57. The second-order valence-corrected chi connectivity index (χ2v) is 5.53. The molecule has 3 rings (SSSR count). The first-order valence-corrected chi connectivity index (χ1v) is 7.35. The summed E-state index contributed by atoms with van der Waals surface area (Å²) in [7, 11) is 2.03. The smallest absolute Gasteiger partial charge is 0.341 e. The number of nitrogens with zero attached hydrogens (tertiary/aromatic N) is 3. The maximum atomic E-state index is 12.7. The number of nitrogens with one attached hydrogen (secondary N) is 2. The van der Waals surface area contributed by atoms with Gasteiger partial charge in [0.25, 0.3) is 5.91 Å². The SMILES string of the molecule is CCC1CN(C)c2ccccc2CN1C(=O)c1n[nH]c(=O)[nH]1. The molecule has 22 heavy (non-hydrogen) atoms. The highest BCUT2D eigenvalue weighted by Gasteiger charge is 2.30. The van der Waals surface area contributed by atoms with E-state index in [1.807, 2.05) is 25.2 Å². The summed E-state index contributed by atoms with van der Waals surface area (Å²) < 4.78 is 0. The van der Waals surface area contributed by atoms with E-state index in [-0.39, 0.29) is 17.8 Å². The fourth-order valence-electron chi connectivity index (χ4n) is 2.94. The molecule has 0 spiro atoms. The van der Waals surface area contributed by atoms with Crippen molar-refractivity contribution in [2.45, 2.75) is 25.9 Å². The molecule has 7 heteroatoms. The van der Waals surface area contributed by atoms with E-state index < -0.39 is 5.69 Å². The van der Waals surface area contributed by atoms with Crippen LogP contribution in [0.4, 0.5) is 5.69 Å². The van der Waals surface area contributed by atoms with Gasteiger partial charge in [0.05, 0.1) is 0 Å². The number of aromatic nitrogens is 3. The van der Waals surface area contributed by atoms with E-state index in [0.29, 0.717) is 6.54 Å². The Kier molecular flexibility index (Phi) is 3.70. The topological polar surface area (TPSA) is 85.1 Å². The van der Waals surface area contributed by atoms with Gasteiger partial charge in [-0.05, 0) is 18.1 Å². The monoisotopic (exact) mass is 301 g/mol. The third-order valence-electron chi connectivity index (χ3n) is 4.10. The highest BCUT2D eigenvalue weighted by Crippen LogP contribution is 2.27. The zero-order valence-electron chi connectivity index (χ0n) is 12.7. The molecule has 0 radical (unpaired) electrons. The number of likely N-dealkylation sites (N-methyl/N-ethyl adjacent to an activating group) is 1. The van der Waals surface area contributed by atoms with Gasteiger partial charge in [-0.3, -0.25) is 9.78 Å². The summed E-state index contributed by atoms with van der Waals surface area (Å²) in [4.78, 5) is 30.3. The molecule has 116 valence electrons. The van der Waals surface area contributed by atoms with E-state index >= 15 is 0 Å². The molecule has 2 aromatic rings. The molecular formula is C15H19N5O2. The molecule has 1 aromatic carbocycles. The first-order chi connectivity index (χ1) is 10.6. The van der Waals surface area contributed by atoms with Crippen LogP contribution in [0.5, 0.6) is 0 Å². The Bertz CT molecular complexity index is 735. The highest BCUT2D eigenvalue weighted by atomic mass is 16.2. The normalized spacial score (nSPS) is 18.0. The standard InChI is InChI=1S/C15H19N5O2/c1-3-11-9-19(2)12-7-5-4-6-10(12)8-20(11)14(21)13-16-15(22)18-17-13/h4-7,11H,3,8-9H2,1-2H3,(H2,16,17,18,22). The Labute approximate surface area is 127 Å². The van der Waals surface area contributed by atoms with E-state index in [1.54, 1.807) is 4.90 Å². The first-order valence-electron chi connectivity index (χ1n) is 7.35. The van der Waals surface area contributed by atoms with Crippen molar-refractivity contribution >= 4 is 11.6 Å². The van der Waals surface area contributed by atoms with Crippen LogP contribution in [-0.4, -0.2) is 45.6 Å². The average Bonchev–Trinajstić information content (AvgIpc) is 2.90. The Morgan fingerprint density at radius 1 is 1.41 bits per heavy atom. The van der Waals surface area contributed by atoms with Crippen LogP contribution in [0.3, 0.4) is 0 Å². The van der Waals surface area contributed by atoms with Crippen molar-refractivity contribution < 1.29 is 4.79 Å². The zero-order valence-corrected chi connectivity index (χ0v) is 12.7. The van der Waals surface area contributed by atoms with Crippen molar-refractivity contribution in [2.75, 3.05) is 18.5 Å². The minimum absolute atomic E-state index is 0.0603. The lowest BCUT2D eigenvalue weighted by molar-refractivity contribution is 0.0655. The molecule has 0 bridgehead atoms. The zero-order chi connectivity index (χ0) is 15.7. The number of H-pyrrole nitrogens is 2. The number of rotatable bonds is 2. The Morgan fingerprint density at radius 3 is 2.86 bits per heavy atom. The number of benzene rings is 1. The number of carbonyl (C=O) groups excluding carboxylic acids is 1. The number of anilines is 1. The average molecular weight is 301 g/mol. The van der Waals surface area contributed by atoms with E-state index in [9.17, 15) is 9.59 Å². The minimum atomic E-state index is -0.469. The third-order valence-corrected chi connectivity index (χ3v) is 4.10. The number of hydrogen-bond acceptors (Lipinski definition) is 4. The predicted octanol–water partition coefficient (Wildman–Crippen LogP) is 0.969. The number of amides is 1. The van der Waals surface area contributed by atoms with Gasteiger partial charge < -0.3 is 9.80 Å². The van der Waals surface area contributed by atoms with Crippen LogP contribution < -0.4 is 10.6 Å². The molecule has 1 aromatic heterocycles. The van der Waals surface area contributed by atoms with Crippen molar-refractivity contribution in [1.29, 1.82) is 0 Å². The molecule has 1 unspecified atom stereocenters. The van der Waals surface area contributed by atoms with Crippen LogP contribution in [0.25, 0.3) is 0 Å². The summed E-state index contributed by atoms with van der Waals surface area (Å²) in [6, 6.07) is 8.12. The summed E-state index contributed by atoms with van der Waals surface area (Å²) in [6.45, 7) is 3.31. The fraction of sp³-hybridized carbons (Fsp3) is 0.400. The van der Waals surface area contributed by atoms with Crippen molar-refractivity contribution in [1.82, 2.24) is 20.1 Å². The highest BCUT2D eigenvalue weighted by molar-refractivity contribution is 5.90. The van der Waals surface area contributed by atoms with Crippen LogP contribution in [0, 0.1) is 0 Å². The number of aromatic amines is 2. The van der Waals surface area contributed by atoms with Gasteiger partial charge in [-0.25, -0.2) is 9.89 Å². The molecule has 2 heterocycles. The van der Waals surface area contributed by atoms with E-state index in [0.717, 1.165) is 24.2 Å². The van der Waals surface area contributed by atoms with Crippen LogP contribution in [0.15, 0.2) is 29.1 Å². The van der Waals surface area contributed by atoms with Gasteiger partial charge in [0, 0.05) is 31.9 Å². The van der Waals surface area contributed by atoms with Gasteiger partial charge in [-0.2, -0.15) is 0 Å². The number of para-hydroxylation sites is 1. The number of hydrogen-bond donors (Lipinski definition) is 2. The predicted molar refractivity (Wildman–Crippen MR) is 82.9 cm³/mol. The first kappa shape index (κ1) is 14.4. The third kappa shape index (κ3) is 2.49. The minimum Gasteiger partial charge on any atom is -0.372 e. The number of fused-ring (bicyclic) bond motifs is 1. The molecule has 2 N–H and O–H groups in total. The van der Waals surface area contributed by atoms with Gasteiger partial charge >= 0.3 is 5.69 Å². The molecule has 7 nitrogen and oxygen atoms in total. The van der Waals surface area contributed by atoms with Crippen LogP contribution in [-0.2, 0) is 6.54 Å². The second kappa shape index (κ2) is 5.67. The van der Waals surface area contributed by atoms with Crippen molar-refractivity contribution in [3.63, 3.8) is 0 Å². The lowest BCUT2D eigenvalue weighted by atomic mass is 10.1. The van der Waals surface area contributed by atoms with Crippen molar-refractivity contribution in [3.8, 4) is 0 Å². The quantitative estimate of drug-likeness (QED) is 0.865.